The molecular weight excluding hydrogens is 348 g/mol. The lowest BCUT2D eigenvalue weighted by Crippen LogP contribution is -2.31. The van der Waals surface area contributed by atoms with Gasteiger partial charge in [-0.3, -0.25) is 23.9 Å². The van der Waals surface area contributed by atoms with Crippen LogP contribution >= 0.6 is 12.2 Å². The zero-order chi connectivity index (χ0) is 18.6. The van der Waals surface area contributed by atoms with E-state index in [1.54, 1.807) is 31.5 Å². The first-order valence-corrected chi connectivity index (χ1v) is 8.59. The van der Waals surface area contributed by atoms with Crippen LogP contribution in [0.15, 0.2) is 11.0 Å². The largest absolute Gasteiger partial charge is 0.463 e. The smallest absolute Gasteiger partial charge is 0.305 e. The van der Waals surface area contributed by atoms with E-state index in [9.17, 15) is 14.4 Å². The third-order valence-corrected chi connectivity index (χ3v) is 4.22. The fourth-order valence-electron chi connectivity index (χ4n) is 2.47. The molecule has 0 unspecified atom stereocenters. The summed E-state index contributed by atoms with van der Waals surface area (Å²) in [6.07, 6.45) is 0.758. The summed E-state index contributed by atoms with van der Waals surface area (Å²) in [6.45, 7) is 5.04. The Hall–Kier alpha value is -2.00. The van der Waals surface area contributed by atoms with Crippen LogP contribution in [0, 0.1) is 11.7 Å². The molecule has 1 aromatic heterocycles. The van der Waals surface area contributed by atoms with E-state index in [2.05, 4.69) is 4.98 Å². The lowest BCUT2D eigenvalue weighted by molar-refractivity contribution is -0.157. The van der Waals surface area contributed by atoms with E-state index in [0.717, 1.165) is 0 Å². The van der Waals surface area contributed by atoms with E-state index in [1.807, 2.05) is 0 Å². The Morgan fingerprint density at radius 3 is 2.68 bits per heavy atom. The first-order valence-electron chi connectivity index (χ1n) is 8.18. The second-order valence-electron chi connectivity index (χ2n) is 5.76. The maximum absolute atomic E-state index is 11.7. The van der Waals surface area contributed by atoms with Crippen LogP contribution < -0.4 is 5.56 Å². The van der Waals surface area contributed by atoms with Crippen molar-refractivity contribution >= 4 is 24.2 Å². The predicted molar refractivity (Wildman–Crippen MR) is 90.6 cm³/mol. The van der Waals surface area contributed by atoms with Crippen molar-refractivity contribution in [2.24, 2.45) is 0 Å². The molecule has 138 valence electrons. The summed E-state index contributed by atoms with van der Waals surface area (Å²) in [4.78, 5) is 37.3. The van der Waals surface area contributed by atoms with Gasteiger partial charge in [-0.25, -0.2) is 0 Å². The third-order valence-electron chi connectivity index (χ3n) is 3.91. The van der Waals surface area contributed by atoms with E-state index in [4.69, 9.17) is 26.4 Å². The minimum atomic E-state index is -0.592. The number of carbonyl (C=O) groups is 2. The number of H-pyrrole nitrogens is 1. The molecule has 2 heterocycles. The Morgan fingerprint density at radius 2 is 2.04 bits per heavy atom. The lowest BCUT2D eigenvalue weighted by atomic mass is 10.2. The summed E-state index contributed by atoms with van der Waals surface area (Å²) < 4.78 is 18.3. The van der Waals surface area contributed by atoms with Crippen molar-refractivity contribution < 1.29 is 23.8 Å². The van der Waals surface area contributed by atoms with Gasteiger partial charge in [-0.2, -0.15) is 0 Å². The molecule has 0 saturated carbocycles. The predicted octanol–water partition coefficient (Wildman–Crippen LogP) is 1.78. The number of carbonyl (C=O) groups excluding carboxylic acids is 2. The molecule has 1 saturated heterocycles. The van der Waals surface area contributed by atoms with Gasteiger partial charge in [0.1, 0.15) is 25.0 Å². The van der Waals surface area contributed by atoms with Gasteiger partial charge in [0.15, 0.2) is 4.77 Å². The number of esters is 2. The van der Waals surface area contributed by atoms with Crippen LogP contribution in [0.1, 0.15) is 44.9 Å². The number of nitrogens with one attached hydrogen (secondary N) is 1. The van der Waals surface area contributed by atoms with E-state index in [-0.39, 0.29) is 41.7 Å². The molecule has 0 amide bonds. The van der Waals surface area contributed by atoms with Crippen molar-refractivity contribution in [3.05, 3.63) is 26.9 Å². The van der Waals surface area contributed by atoms with Crippen LogP contribution in [-0.2, 0) is 23.8 Å². The quantitative estimate of drug-likeness (QED) is 0.602. The van der Waals surface area contributed by atoms with Crippen molar-refractivity contribution in [2.75, 3.05) is 6.61 Å². The molecule has 25 heavy (non-hydrogen) atoms. The van der Waals surface area contributed by atoms with Gasteiger partial charge >= 0.3 is 11.9 Å². The topological polar surface area (TPSA) is 99.6 Å². The molecule has 1 aromatic rings. The third kappa shape index (κ3) is 4.76. The fraction of sp³-hybridized carbons (Fsp3) is 0.625. The summed E-state index contributed by atoms with van der Waals surface area (Å²) in [7, 11) is 0. The zero-order valence-corrected chi connectivity index (χ0v) is 15.3. The molecule has 1 aliphatic rings. The van der Waals surface area contributed by atoms with Gasteiger partial charge in [-0.05, 0) is 19.1 Å². The molecule has 3 atom stereocenters. The lowest BCUT2D eigenvalue weighted by Gasteiger charge is -2.18. The van der Waals surface area contributed by atoms with Gasteiger partial charge in [0.2, 0.25) is 0 Å². The first-order chi connectivity index (χ1) is 11.8. The Morgan fingerprint density at radius 1 is 1.36 bits per heavy atom. The summed E-state index contributed by atoms with van der Waals surface area (Å²) in [5.41, 5.74) is 0.224. The van der Waals surface area contributed by atoms with Crippen molar-refractivity contribution in [3.63, 3.8) is 0 Å². The molecule has 8 nitrogen and oxygen atoms in total. The second kappa shape index (κ2) is 8.39. The molecule has 9 heteroatoms. The number of ether oxygens (including phenoxy) is 3. The maximum atomic E-state index is 11.7. The van der Waals surface area contributed by atoms with Crippen molar-refractivity contribution in [1.82, 2.24) is 9.55 Å². The maximum Gasteiger partial charge on any atom is 0.305 e. The highest BCUT2D eigenvalue weighted by Gasteiger charge is 2.39. The van der Waals surface area contributed by atoms with Crippen LogP contribution in [0.5, 0.6) is 0 Å². The van der Waals surface area contributed by atoms with Gasteiger partial charge in [0.05, 0.1) is 0 Å². The highest BCUT2D eigenvalue weighted by molar-refractivity contribution is 7.71. The number of aryl methyl sites for hydroxylation is 1. The molecule has 0 bridgehead atoms. The van der Waals surface area contributed by atoms with E-state index in [1.165, 1.54) is 0 Å². The van der Waals surface area contributed by atoms with Gasteiger partial charge in [0, 0.05) is 31.0 Å². The Bertz CT molecular complexity index is 756. The minimum absolute atomic E-state index is 0.0134. The molecule has 1 aliphatic heterocycles. The van der Waals surface area contributed by atoms with E-state index < -0.39 is 18.4 Å². The monoisotopic (exact) mass is 370 g/mol. The molecule has 1 fully saturated rings. The Balaban J connectivity index is 2.20. The van der Waals surface area contributed by atoms with Crippen LogP contribution in [-0.4, -0.2) is 40.3 Å². The summed E-state index contributed by atoms with van der Waals surface area (Å²) in [5.74, 6) is -0.716. The van der Waals surface area contributed by atoms with Gasteiger partial charge in [-0.1, -0.05) is 13.8 Å². The average Bonchev–Trinajstić information content (AvgIpc) is 2.98. The standard InChI is InChI=1S/C16H22N2O6S/c1-4-13(19)22-8-11-10(24-14(20)5-2)6-12(23-11)18-7-9(3)15(21)17-16(18)25/h7,10-12H,4-6,8H2,1-3H3,(H,17,21,25)/t10-,11+,12+/m0/s1. The Labute approximate surface area is 150 Å². The zero-order valence-electron chi connectivity index (χ0n) is 14.4. The van der Waals surface area contributed by atoms with E-state index in [0.29, 0.717) is 12.0 Å². The van der Waals surface area contributed by atoms with Crippen LogP contribution in [0.3, 0.4) is 0 Å². The van der Waals surface area contributed by atoms with Gasteiger partial charge < -0.3 is 14.2 Å². The summed E-state index contributed by atoms with van der Waals surface area (Å²) in [6, 6.07) is 0. The SMILES string of the molecule is CCC(=O)OC[C@H]1O[C@@H](n2cc(C)c(=O)[nH]c2=S)C[C@@H]1OC(=O)CC. The van der Waals surface area contributed by atoms with Gasteiger partial charge in [0.25, 0.3) is 5.56 Å². The second-order valence-corrected chi connectivity index (χ2v) is 6.15. The van der Waals surface area contributed by atoms with Crippen LogP contribution in [0.25, 0.3) is 0 Å². The molecule has 0 spiro atoms. The minimum Gasteiger partial charge on any atom is -0.463 e. The first kappa shape index (κ1) is 19.3. The van der Waals surface area contributed by atoms with Gasteiger partial charge in [-0.15, -0.1) is 0 Å². The van der Waals surface area contributed by atoms with E-state index >= 15 is 0 Å². The molecule has 0 radical (unpaired) electrons. The number of hydrogen-bond donors (Lipinski definition) is 1. The molecule has 2 rings (SSSR count). The number of aromatic nitrogens is 2. The number of aromatic amines is 1. The Kier molecular flexibility index (Phi) is 6.49. The number of rotatable bonds is 6. The molecule has 0 aliphatic carbocycles. The van der Waals surface area contributed by atoms with Crippen molar-refractivity contribution in [1.29, 1.82) is 0 Å². The van der Waals surface area contributed by atoms with Crippen molar-refractivity contribution in [3.8, 4) is 0 Å². The summed E-state index contributed by atoms with van der Waals surface area (Å²) in [5, 5.41) is 0. The number of hydrogen-bond acceptors (Lipinski definition) is 7. The summed E-state index contributed by atoms with van der Waals surface area (Å²) >= 11 is 5.18. The highest BCUT2D eigenvalue weighted by atomic mass is 32.1. The van der Waals surface area contributed by atoms with Crippen LogP contribution in [0.2, 0.25) is 0 Å². The van der Waals surface area contributed by atoms with Crippen molar-refractivity contribution in [2.45, 2.75) is 58.5 Å². The fourth-order valence-corrected chi connectivity index (χ4v) is 2.74. The van der Waals surface area contributed by atoms with Crippen LogP contribution in [0.4, 0.5) is 0 Å². The molecule has 1 N–H and O–H groups in total. The normalized spacial score (nSPS) is 22.6. The molecular formula is C16H22N2O6S. The number of nitrogens with zero attached hydrogens (tertiary/aromatic N) is 1. The highest BCUT2D eigenvalue weighted by Crippen LogP contribution is 2.31. The average molecular weight is 370 g/mol. The molecule has 0 aromatic carbocycles.